The standard InChI is InChI=1S/C16H20O9/c1-2-7-8-3-4-22-14(21)9(8)6-23-15(7)25-16-13(20)12(19)11(18)10(5-17)24-16/h2-3,6-7,10-13,15-20H,1,4-5H2/t7-,10-,11?,12+,13?,15+,16+/m1/s1. The molecule has 4 N–H and O–H groups in total. The van der Waals surface area contributed by atoms with Crippen molar-refractivity contribution in [3.8, 4) is 0 Å². The predicted octanol–water partition coefficient (Wildman–Crippen LogP) is -1.67. The summed E-state index contributed by atoms with van der Waals surface area (Å²) >= 11 is 0. The Morgan fingerprint density at radius 3 is 2.68 bits per heavy atom. The third-order valence-electron chi connectivity index (χ3n) is 4.39. The molecule has 0 bridgehead atoms. The molecule has 0 aromatic carbocycles. The lowest BCUT2D eigenvalue weighted by Gasteiger charge is -2.42. The van der Waals surface area contributed by atoms with E-state index >= 15 is 0 Å². The number of carbonyl (C=O) groups is 1. The molecule has 3 heterocycles. The molecule has 0 radical (unpaired) electrons. The summed E-state index contributed by atoms with van der Waals surface area (Å²) in [6, 6.07) is 0. The van der Waals surface area contributed by atoms with Crippen molar-refractivity contribution in [1.82, 2.24) is 0 Å². The molecule has 3 aliphatic heterocycles. The van der Waals surface area contributed by atoms with Crippen LogP contribution in [0.15, 0.2) is 36.1 Å². The van der Waals surface area contributed by atoms with Crippen LogP contribution in [-0.2, 0) is 23.7 Å². The molecule has 25 heavy (non-hydrogen) atoms. The van der Waals surface area contributed by atoms with Crippen LogP contribution in [0.1, 0.15) is 0 Å². The molecule has 3 aliphatic rings. The third kappa shape index (κ3) is 3.22. The highest BCUT2D eigenvalue weighted by molar-refractivity contribution is 5.94. The molecule has 3 rings (SSSR count). The van der Waals surface area contributed by atoms with Gasteiger partial charge >= 0.3 is 5.97 Å². The lowest BCUT2D eigenvalue weighted by molar-refractivity contribution is -0.336. The highest BCUT2D eigenvalue weighted by atomic mass is 16.8. The summed E-state index contributed by atoms with van der Waals surface area (Å²) in [5, 5.41) is 38.9. The van der Waals surface area contributed by atoms with Gasteiger partial charge in [0.15, 0.2) is 6.29 Å². The summed E-state index contributed by atoms with van der Waals surface area (Å²) < 4.78 is 21.2. The first kappa shape index (κ1) is 18.1. The summed E-state index contributed by atoms with van der Waals surface area (Å²) in [5.41, 5.74) is 0.872. The number of carbonyl (C=O) groups excluding carboxylic acids is 1. The highest BCUT2D eigenvalue weighted by Crippen LogP contribution is 2.35. The van der Waals surface area contributed by atoms with Gasteiger partial charge in [-0.2, -0.15) is 0 Å². The zero-order valence-electron chi connectivity index (χ0n) is 13.2. The molecule has 1 saturated heterocycles. The fraction of sp³-hybridized carbons (Fsp3) is 0.562. The van der Waals surface area contributed by atoms with Crippen LogP contribution in [0, 0.1) is 5.92 Å². The van der Waals surface area contributed by atoms with Gasteiger partial charge in [0.2, 0.25) is 6.29 Å². The minimum Gasteiger partial charge on any atom is -0.471 e. The van der Waals surface area contributed by atoms with Gasteiger partial charge in [-0.3, -0.25) is 0 Å². The maximum atomic E-state index is 11.8. The molecule has 0 amide bonds. The monoisotopic (exact) mass is 356 g/mol. The van der Waals surface area contributed by atoms with Crippen LogP contribution in [0.2, 0.25) is 0 Å². The van der Waals surface area contributed by atoms with Crippen molar-refractivity contribution in [3.05, 3.63) is 36.1 Å². The van der Waals surface area contributed by atoms with E-state index < -0.39 is 55.5 Å². The van der Waals surface area contributed by atoms with E-state index in [9.17, 15) is 25.2 Å². The third-order valence-corrected chi connectivity index (χ3v) is 4.39. The Balaban J connectivity index is 1.78. The van der Waals surface area contributed by atoms with Crippen LogP contribution in [0.4, 0.5) is 0 Å². The van der Waals surface area contributed by atoms with Crippen LogP contribution in [0.25, 0.3) is 0 Å². The second kappa shape index (κ2) is 7.24. The lowest BCUT2D eigenvalue weighted by Crippen LogP contribution is -2.60. The number of rotatable bonds is 4. The Kier molecular flexibility index (Phi) is 5.23. The minimum absolute atomic E-state index is 0.114. The second-order valence-corrected chi connectivity index (χ2v) is 5.89. The molecule has 2 unspecified atom stereocenters. The number of fused-ring (bicyclic) bond motifs is 1. The van der Waals surface area contributed by atoms with Crippen LogP contribution >= 0.6 is 0 Å². The summed E-state index contributed by atoms with van der Waals surface area (Å²) in [7, 11) is 0. The van der Waals surface area contributed by atoms with Crippen LogP contribution < -0.4 is 0 Å². The van der Waals surface area contributed by atoms with E-state index in [1.165, 1.54) is 12.3 Å². The van der Waals surface area contributed by atoms with Gasteiger partial charge in [-0.1, -0.05) is 6.08 Å². The summed E-state index contributed by atoms with van der Waals surface area (Å²) in [4.78, 5) is 11.8. The Morgan fingerprint density at radius 1 is 1.24 bits per heavy atom. The van der Waals surface area contributed by atoms with E-state index in [1.807, 2.05) is 0 Å². The van der Waals surface area contributed by atoms with Gasteiger partial charge in [0.05, 0.1) is 18.1 Å². The number of esters is 1. The normalized spacial score (nSPS) is 41.0. The predicted molar refractivity (Wildman–Crippen MR) is 80.5 cm³/mol. The lowest BCUT2D eigenvalue weighted by atomic mass is 9.89. The Labute approximate surface area is 143 Å². The molecule has 0 aromatic heterocycles. The molecule has 138 valence electrons. The average molecular weight is 356 g/mol. The first-order valence-electron chi connectivity index (χ1n) is 7.79. The number of aliphatic hydroxyl groups excluding tert-OH is 4. The Bertz CT molecular complexity index is 596. The van der Waals surface area contributed by atoms with E-state index in [2.05, 4.69) is 6.58 Å². The van der Waals surface area contributed by atoms with Crippen molar-refractivity contribution < 1.29 is 44.2 Å². The van der Waals surface area contributed by atoms with Crippen LogP contribution in [0.5, 0.6) is 0 Å². The molecule has 9 nitrogen and oxygen atoms in total. The maximum Gasteiger partial charge on any atom is 0.341 e. The first-order valence-corrected chi connectivity index (χ1v) is 7.79. The molecule has 1 fully saturated rings. The molecule has 0 aromatic rings. The van der Waals surface area contributed by atoms with E-state index in [0.717, 1.165) is 0 Å². The molecule has 0 aliphatic carbocycles. The van der Waals surface area contributed by atoms with Gasteiger partial charge in [0.25, 0.3) is 0 Å². The first-order chi connectivity index (χ1) is 12.0. The summed E-state index contributed by atoms with van der Waals surface area (Å²) in [6.45, 7) is 3.25. The smallest absolute Gasteiger partial charge is 0.341 e. The molecular formula is C16H20O9. The Hall–Kier alpha value is -1.75. The Morgan fingerprint density at radius 2 is 2.00 bits per heavy atom. The van der Waals surface area contributed by atoms with Gasteiger partial charge in [-0.15, -0.1) is 6.58 Å². The largest absolute Gasteiger partial charge is 0.471 e. The van der Waals surface area contributed by atoms with Crippen molar-refractivity contribution in [2.45, 2.75) is 37.0 Å². The fourth-order valence-corrected chi connectivity index (χ4v) is 2.98. The molecule has 0 saturated carbocycles. The van der Waals surface area contributed by atoms with Crippen molar-refractivity contribution >= 4 is 5.97 Å². The number of ether oxygens (including phenoxy) is 4. The van der Waals surface area contributed by atoms with Gasteiger partial charge in [0, 0.05) is 0 Å². The van der Waals surface area contributed by atoms with Gasteiger partial charge < -0.3 is 39.4 Å². The van der Waals surface area contributed by atoms with E-state index in [4.69, 9.17) is 18.9 Å². The van der Waals surface area contributed by atoms with E-state index in [1.54, 1.807) is 6.08 Å². The van der Waals surface area contributed by atoms with E-state index in [0.29, 0.717) is 5.57 Å². The summed E-state index contributed by atoms with van der Waals surface area (Å²) in [6.07, 6.45) is -3.61. The molecule has 7 atom stereocenters. The van der Waals surface area contributed by atoms with Crippen molar-refractivity contribution in [2.75, 3.05) is 13.2 Å². The zero-order valence-corrected chi connectivity index (χ0v) is 13.2. The maximum absolute atomic E-state index is 11.8. The van der Waals surface area contributed by atoms with E-state index in [-0.39, 0.29) is 12.2 Å². The van der Waals surface area contributed by atoms with Crippen molar-refractivity contribution in [3.63, 3.8) is 0 Å². The molecule has 9 heteroatoms. The number of aliphatic hydroxyl groups is 4. The SMILES string of the molecule is C=C[C@@H]1C2=CCOC(=O)C2=CO[C@H]1O[C@@H]1O[C@H](CO)C(O)[C@H](O)C1O. The summed E-state index contributed by atoms with van der Waals surface area (Å²) in [5.74, 6) is -1.06. The number of cyclic esters (lactones) is 1. The fourth-order valence-electron chi connectivity index (χ4n) is 2.98. The quantitative estimate of drug-likeness (QED) is 0.344. The van der Waals surface area contributed by atoms with Crippen LogP contribution in [-0.4, -0.2) is 76.6 Å². The average Bonchev–Trinajstić information content (AvgIpc) is 2.62. The van der Waals surface area contributed by atoms with Gasteiger partial charge in [0.1, 0.15) is 37.3 Å². The van der Waals surface area contributed by atoms with Crippen molar-refractivity contribution in [1.29, 1.82) is 0 Å². The highest BCUT2D eigenvalue weighted by Gasteiger charge is 2.46. The van der Waals surface area contributed by atoms with Gasteiger partial charge in [-0.25, -0.2) is 4.79 Å². The number of hydrogen-bond acceptors (Lipinski definition) is 9. The zero-order chi connectivity index (χ0) is 18.1. The topological polar surface area (TPSA) is 135 Å². The molecular weight excluding hydrogens is 336 g/mol. The minimum atomic E-state index is -1.56. The second-order valence-electron chi connectivity index (χ2n) is 5.89. The number of hydrogen-bond donors (Lipinski definition) is 4. The van der Waals surface area contributed by atoms with Gasteiger partial charge in [-0.05, 0) is 11.6 Å². The van der Waals surface area contributed by atoms with Crippen LogP contribution in [0.3, 0.4) is 0 Å². The molecule has 0 spiro atoms. The van der Waals surface area contributed by atoms with Crippen molar-refractivity contribution in [2.24, 2.45) is 5.92 Å².